The van der Waals surface area contributed by atoms with Gasteiger partial charge >= 0.3 is 0 Å². The van der Waals surface area contributed by atoms with Crippen molar-refractivity contribution in [1.29, 1.82) is 0 Å². The molecule has 3 N–H and O–H groups in total. The fraction of sp³-hybridized carbons (Fsp3) is 0.600. The summed E-state index contributed by atoms with van der Waals surface area (Å²) in [5.41, 5.74) is 8.17. The lowest BCUT2D eigenvalue weighted by molar-refractivity contribution is 0.519. The molecule has 2 aliphatic carbocycles. The average Bonchev–Trinajstić information content (AvgIpc) is 3.29. The van der Waals surface area contributed by atoms with Crippen molar-refractivity contribution in [3.8, 4) is 0 Å². The molecule has 1 fully saturated rings. The molecule has 1 atom stereocenters. The van der Waals surface area contributed by atoms with E-state index in [2.05, 4.69) is 4.72 Å². The highest BCUT2D eigenvalue weighted by Gasteiger charge is 2.33. The van der Waals surface area contributed by atoms with Crippen LogP contribution in [-0.4, -0.2) is 21.0 Å². The van der Waals surface area contributed by atoms with Crippen LogP contribution < -0.4 is 10.5 Å². The Labute approximate surface area is 133 Å². The summed E-state index contributed by atoms with van der Waals surface area (Å²) in [6.07, 6.45) is 6.56. The van der Waals surface area contributed by atoms with Crippen LogP contribution in [0.15, 0.2) is 23.1 Å². The van der Waals surface area contributed by atoms with Gasteiger partial charge in [0, 0.05) is 12.6 Å². The second-order valence-electron chi connectivity index (χ2n) is 5.94. The summed E-state index contributed by atoms with van der Waals surface area (Å²) in [5.74, 6) is 0.424. The molecule has 0 spiro atoms. The van der Waals surface area contributed by atoms with Crippen molar-refractivity contribution in [2.75, 3.05) is 6.54 Å². The Hall–Kier alpha value is -0.620. The number of sulfonamides is 1. The molecule has 0 aliphatic heterocycles. The van der Waals surface area contributed by atoms with Crippen molar-refractivity contribution in [2.24, 2.45) is 11.7 Å². The highest BCUT2D eigenvalue weighted by Crippen LogP contribution is 2.33. The quantitative estimate of drug-likeness (QED) is 0.867. The number of hydrogen-bond donors (Lipinski definition) is 2. The molecule has 118 valence electrons. The number of fused-ring (bicyclic) bond motifs is 1. The Bertz CT molecular complexity index is 600. The van der Waals surface area contributed by atoms with Gasteiger partial charge in [-0.1, -0.05) is 6.07 Å². The van der Waals surface area contributed by atoms with Crippen LogP contribution in [0.1, 0.15) is 36.8 Å². The lowest BCUT2D eigenvalue weighted by atomic mass is 9.92. The topological polar surface area (TPSA) is 72.2 Å². The van der Waals surface area contributed by atoms with Crippen LogP contribution in [-0.2, 0) is 22.9 Å². The van der Waals surface area contributed by atoms with Crippen molar-refractivity contribution in [3.05, 3.63) is 29.3 Å². The van der Waals surface area contributed by atoms with Crippen molar-refractivity contribution < 1.29 is 8.42 Å². The minimum absolute atomic E-state index is 0. The zero-order valence-corrected chi connectivity index (χ0v) is 13.7. The number of nitrogens with one attached hydrogen (secondary N) is 1. The third-order valence-electron chi connectivity index (χ3n) is 4.38. The SMILES string of the molecule is Cl.NCC(NS(=O)(=O)c1ccc2c(c1)CCCC2)C1CC1. The van der Waals surface area contributed by atoms with Gasteiger partial charge < -0.3 is 5.73 Å². The molecule has 1 saturated carbocycles. The molecule has 6 heteroatoms. The molecule has 2 aliphatic rings. The first-order valence-corrected chi connectivity index (χ1v) is 8.92. The third-order valence-corrected chi connectivity index (χ3v) is 5.87. The van der Waals surface area contributed by atoms with Gasteiger partial charge in [0.2, 0.25) is 10.0 Å². The molecule has 21 heavy (non-hydrogen) atoms. The highest BCUT2D eigenvalue weighted by atomic mass is 35.5. The van der Waals surface area contributed by atoms with Crippen LogP contribution in [0.25, 0.3) is 0 Å². The van der Waals surface area contributed by atoms with E-state index in [0.29, 0.717) is 17.4 Å². The molecule has 3 rings (SSSR count). The van der Waals surface area contributed by atoms with Crippen LogP contribution in [0.3, 0.4) is 0 Å². The Morgan fingerprint density at radius 1 is 1.19 bits per heavy atom. The average molecular weight is 331 g/mol. The maximum absolute atomic E-state index is 12.5. The number of benzene rings is 1. The number of nitrogens with two attached hydrogens (primary N) is 1. The van der Waals surface area contributed by atoms with Crippen molar-refractivity contribution in [2.45, 2.75) is 49.5 Å². The molecule has 0 radical (unpaired) electrons. The van der Waals surface area contributed by atoms with E-state index in [1.807, 2.05) is 12.1 Å². The van der Waals surface area contributed by atoms with E-state index in [0.717, 1.165) is 32.1 Å². The van der Waals surface area contributed by atoms with E-state index >= 15 is 0 Å². The highest BCUT2D eigenvalue weighted by molar-refractivity contribution is 7.89. The fourth-order valence-electron chi connectivity index (χ4n) is 2.98. The fourth-order valence-corrected chi connectivity index (χ4v) is 4.35. The predicted molar refractivity (Wildman–Crippen MR) is 86.2 cm³/mol. The molecular weight excluding hydrogens is 308 g/mol. The summed E-state index contributed by atoms with van der Waals surface area (Å²) in [6, 6.07) is 5.43. The molecule has 1 unspecified atom stereocenters. The summed E-state index contributed by atoms with van der Waals surface area (Å²) < 4.78 is 27.7. The van der Waals surface area contributed by atoms with E-state index in [4.69, 9.17) is 5.73 Å². The Kier molecular flexibility index (Phi) is 5.30. The maximum atomic E-state index is 12.5. The van der Waals surface area contributed by atoms with Gasteiger partial charge in [-0.15, -0.1) is 12.4 Å². The Morgan fingerprint density at radius 3 is 2.48 bits per heavy atom. The molecular formula is C15H23ClN2O2S. The zero-order chi connectivity index (χ0) is 14.2. The lowest BCUT2D eigenvalue weighted by Crippen LogP contribution is -2.41. The van der Waals surface area contributed by atoms with Crippen LogP contribution in [0.4, 0.5) is 0 Å². The van der Waals surface area contributed by atoms with Gasteiger partial charge in [0.05, 0.1) is 4.90 Å². The van der Waals surface area contributed by atoms with Crippen LogP contribution >= 0.6 is 12.4 Å². The van der Waals surface area contributed by atoms with E-state index in [9.17, 15) is 8.42 Å². The first kappa shape index (κ1) is 16.7. The first-order valence-electron chi connectivity index (χ1n) is 7.44. The summed E-state index contributed by atoms with van der Waals surface area (Å²) in [7, 11) is -3.44. The standard InChI is InChI=1S/C15H22N2O2S.ClH/c16-10-15(12-5-6-12)17-20(18,19)14-8-7-11-3-1-2-4-13(11)9-14;/h7-9,12,15,17H,1-6,10,16H2;1H. The zero-order valence-electron chi connectivity index (χ0n) is 12.0. The second kappa shape index (κ2) is 6.65. The minimum Gasteiger partial charge on any atom is -0.329 e. The molecule has 4 nitrogen and oxygen atoms in total. The largest absolute Gasteiger partial charge is 0.329 e. The van der Waals surface area contributed by atoms with Gasteiger partial charge in [-0.05, 0) is 67.7 Å². The lowest BCUT2D eigenvalue weighted by Gasteiger charge is -2.19. The van der Waals surface area contributed by atoms with Gasteiger partial charge in [0.15, 0.2) is 0 Å². The second-order valence-corrected chi connectivity index (χ2v) is 7.65. The number of halogens is 1. The van der Waals surface area contributed by atoms with Crippen molar-refractivity contribution >= 4 is 22.4 Å². The third kappa shape index (κ3) is 3.77. The van der Waals surface area contributed by atoms with E-state index in [1.165, 1.54) is 17.5 Å². The van der Waals surface area contributed by atoms with E-state index in [1.54, 1.807) is 6.07 Å². The normalized spacial score (nSPS) is 19.5. The molecule has 0 heterocycles. The molecule has 0 aromatic heterocycles. The van der Waals surface area contributed by atoms with Crippen LogP contribution in [0, 0.1) is 5.92 Å². The van der Waals surface area contributed by atoms with Crippen molar-refractivity contribution in [1.82, 2.24) is 4.72 Å². The predicted octanol–water partition coefficient (Wildman–Crippen LogP) is 2.00. The molecule has 0 amide bonds. The van der Waals surface area contributed by atoms with E-state index in [-0.39, 0.29) is 18.4 Å². The van der Waals surface area contributed by atoms with Gasteiger partial charge in [-0.2, -0.15) is 0 Å². The first-order chi connectivity index (χ1) is 9.60. The monoisotopic (exact) mass is 330 g/mol. The van der Waals surface area contributed by atoms with E-state index < -0.39 is 10.0 Å². The van der Waals surface area contributed by atoms with Gasteiger partial charge in [0.25, 0.3) is 0 Å². The number of aryl methyl sites for hydroxylation is 2. The van der Waals surface area contributed by atoms with Gasteiger partial charge in [-0.25, -0.2) is 13.1 Å². The molecule has 0 bridgehead atoms. The summed E-state index contributed by atoms with van der Waals surface area (Å²) in [6.45, 7) is 0.370. The molecule has 1 aromatic carbocycles. The summed E-state index contributed by atoms with van der Waals surface area (Å²) in [4.78, 5) is 0.386. The maximum Gasteiger partial charge on any atom is 0.240 e. The van der Waals surface area contributed by atoms with Crippen LogP contribution in [0.2, 0.25) is 0 Å². The number of rotatable bonds is 5. The minimum atomic E-state index is -3.44. The molecule has 1 aromatic rings. The van der Waals surface area contributed by atoms with Gasteiger partial charge in [-0.3, -0.25) is 0 Å². The Morgan fingerprint density at radius 2 is 1.86 bits per heavy atom. The van der Waals surface area contributed by atoms with Crippen molar-refractivity contribution in [3.63, 3.8) is 0 Å². The number of hydrogen-bond acceptors (Lipinski definition) is 3. The van der Waals surface area contributed by atoms with Crippen LogP contribution in [0.5, 0.6) is 0 Å². The van der Waals surface area contributed by atoms with Gasteiger partial charge in [0.1, 0.15) is 0 Å². The Balaban J connectivity index is 0.00000161. The summed E-state index contributed by atoms with van der Waals surface area (Å²) >= 11 is 0. The molecule has 0 saturated heterocycles. The smallest absolute Gasteiger partial charge is 0.240 e. The summed E-state index contributed by atoms with van der Waals surface area (Å²) in [5, 5.41) is 0.